The van der Waals surface area contributed by atoms with Gasteiger partial charge in [-0.25, -0.2) is 9.31 Å². The second kappa shape index (κ2) is 7.00. The van der Waals surface area contributed by atoms with Crippen LogP contribution < -0.4 is 9.92 Å². The van der Waals surface area contributed by atoms with Crippen molar-refractivity contribution in [2.24, 2.45) is 0 Å². The third kappa shape index (κ3) is 3.75. The Morgan fingerprint density at radius 3 is 2.65 bits per heavy atom. The van der Waals surface area contributed by atoms with Gasteiger partial charge >= 0.3 is 16.1 Å². The molecule has 9 nitrogen and oxygen atoms in total. The van der Waals surface area contributed by atoms with Gasteiger partial charge in [0, 0.05) is 12.3 Å². The normalized spacial score (nSPS) is 11.4. The SMILES string of the molecule is CCOC(=O)c1c(N)nn2ccc(OS(=O)(=O)Cc3ccccc3)nc12. The van der Waals surface area contributed by atoms with Gasteiger partial charge in [0.1, 0.15) is 11.3 Å². The summed E-state index contributed by atoms with van der Waals surface area (Å²) in [4.78, 5) is 16.1. The molecular weight excluding hydrogens is 360 g/mol. The molecule has 0 aliphatic heterocycles. The second-order valence-corrected chi connectivity index (χ2v) is 6.86. The van der Waals surface area contributed by atoms with Crippen molar-refractivity contribution >= 4 is 27.6 Å². The van der Waals surface area contributed by atoms with Gasteiger partial charge in [-0.2, -0.15) is 13.4 Å². The standard InChI is InChI=1S/C16H16N4O5S/c1-2-24-16(21)13-14(17)19-20-9-8-12(18-15(13)20)25-26(22,23)10-11-6-4-3-5-7-11/h3-9H,2,10H2,1H3,(H2,17,19). The first-order chi connectivity index (χ1) is 12.4. The molecule has 136 valence electrons. The highest BCUT2D eigenvalue weighted by atomic mass is 32.2. The Kier molecular flexibility index (Phi) is 4.76. The van der Waals surface area contributed by atoms with Crippen molar-refractivity contribution in [3.05, 3.63) is 53.7 Å². The van der Waals surface area contributed by atoms with E-state index in [-0.39, 0.29) is 35.3 Å². The van der Waals surface area contributed by atoms with E-state index in [2.05, 4.69) is 10.1 Å². The Balaban J connectivity index is 1.91. The van der Waals surface area contributed by atoms with Gasteiger partial charge in [0.15, 0.2) is 11.5 Å². The van der Waals surface area contributed by atoms with Crippen LogP contribution in [0.15, 0.2) is 42.6 Å². The van der Waals surface area contributed by atoms with Crippen LogP contribution in [0.1, 0.15) is 22.8 Å². The number of nitrogens with two attached hydrogens (primary N) is 1. The quantitative estimate of drug-likeness (QED) is 0.505. The van der Waals surface area contributed by atoms with E-state index < -0.39 is 16.1 Å². The molecule has 0 amide bonds. The first-order valence-electron chi connectivity index (χ1n) is 7.67. The molecule has 0 bridgehead atoms. The molecule has 0 radical (unpaired) electrons. The molecule has 0 aliphatic carbocycles. The Labute approximate surface area is 149 Å². The van der Waals surface area contributed by atoms with E-state index in [4.69, 9.17) is 14.7 Å². The van der Waals surface area contributed by atoms with E-state index in [9.17, 15) is 13.2 Å². The van der Waals surface area contributed by atoms with Crippen LogP contribution in [0, 0.1) is 0 Å². The van der Waals surface area contributed by atoms with E-state index in [1.165, 1.54) is 16.8 Å². The zero-order valence-corrected chi connectivity index (χ0v) is 14.6. The van der Waals surface area contributed by atoms with Crippen molar-refractivity contribution in [3.63, 3.8) is 0 Å². The zero-order valence-electron chi connectivity index (χ0n) is 13.8. The van der Waals surface area contributed by atoms with Crippen LogP contribution in [-0.4, -0.2) is 35.6 Å². The van der Waals surface area contributed by atoms with Gasteiger partial charge in [0.2, 0.25) is 5.88 Å². The van der Waals surface area contributed by atoms with Crippen LogP contribution in [0.2, 0.25) is 0 Å². The van der Waals surface area contributed by atoms with E-state index in [1.54, 1.807) is 37.3 Å². The highest BCUT2D eigenvalue weighted by Gasteiger charge is 2.22. The molecule has 3 rings (SSSR count). The highest BCUT2D eigenvalue weighted by molar-refractivity contribution is 7.86. The second-order valence-electron chi connectivity index (χ2n) is 5.29. The fraction of sp³-hybridized carbons (Fsp3) is 0.188. The number of hydrogen-bond donors (Lipinski definition) is 1. The van der Waals surface area contributed by atoms with E-state index in [1.807, 2.05) is 0 Å². The molecule has 0 aliphatic rings. The minimum atomic E-state index is -3.93. The number of esters is 1. The fourth-order valence-corrected chi connectivity index (χ4v) is 3.33. The molecule has 0 fully saturated rings. The van der Waals surface area contributed by atoms with Crippen LogP contribution in [0.4, 0.5) is 5.82 Å². The molecular formula is C16H16N4O5S. The summed E-state index contributed by atoms with van der Waals surface area (Å²) in [5.41, 5.74) is 6.32. The van der Waals surface area contributed by atoms with Gasteiger partial charge in [0.25, 0.3) is 0 Å². The molecule has 2 aromatic heterocycles. The number of nitrogens with zero attached hydrogens (tertiary/aromatic N) is 3. The number of rotatable bonds is 6. The summed E-state index contributed by atoms with van der Waals surface area (Å²) in [6.45, 7) is 1.80. The molecule has 0 saturated heterocycles. The lowest BCUT2D eigenvalue weighted by Crippen LogP contribution is -2.13. The lowest BCUT2D eigenvalue weighted by atomic mass is 10.2. The smallest absolute Gasteiger partial charge is 0.345 e. The number of carbonyl (C=O) groups is 1. The van der Waals surface area contributed by atoms with Crippen molar-refractivity contribution in [2.75, 3.05) is 12.3 Å². The lowest BCUT2D eigenvalue weighted by molar-refractivity contribution is 0.0529. The molecule has 1 aromatic carbocycles. The van der Waals surface area contributed by atoms with Gasteiger partial charge < -0.3 is 14.7 Å². The maximum Gasteiger partial charge on any atom is 0.345 e. The molecule has 2 heterocycles. The van der Waals surface area contributed by atoms with Gasteiger partial charge in [-0.3, -0.25) is 0 Å². The van der Waals surface area contributed by atoms with Crippen molar-refractivity contribution in [1.29, 1.82) is 0 Å². The molecule has 3 aromatic rings. The topological polar surface area (TPSA) is 126 Å². The number of nitrogen functional groups attached to an aromatic ring is 1. The minimum absolute atomic E-state index is 0.0437. The summed E-state index contributed by atoms with van der Waals surface area (Å²) in [7, 11) is -3.93. The summed E-state index contributed by atoms with van der Waals surface area (Å²) in [5.74, 6) is -1.27. The summed E-state index contributed by atoms with van der Waals surface area (Å²) < 4.78 is 35.7. The van der Waals surface area contributed by atoms with Crippen molar-refractivity contribution < 1.29 is 22.1 Å². The summed E-state index contributed by atoms with van der Waals surface area (Å²) in [6.07, 6.45) is 1.40. The lowest BCUT2D eigenvalue weighted by Gasteiger charge is -2.07. The predicted molar refractivity (Wildman–Crippen MR) is 93.0 cm³/mol. The van der Waals surface area contributed by atoms with Crippen molar-refractivity contribution in [3.8, 4) is 5.88 Å². The first kappa shape index (κ1) is 17.7. The van der Waals surface area contributed by atoms with Crippen LogP contribution in [-0.2, 0) is 20.6 Å². The number of hydrogen-bond acceptors (Lipinski definition) is 8. The molecule has 10 heteroatoms. The van der Waals surface area contributed by atoms with Gasteiger partial charge in [0.05, 0.1) is 6.61 Å². The minimum Gasteiger partial charge on any atom is -0.462 e. The van der Waals surface area contributed by atoms with Gasteiger partial charge in [-0.05, 0) is 12.5 Å². The highest BCUT2D eigenvalue weighted by Crippen LogP contribution is 2.21. The van der Waals surface area contributed by atoms with Crippen LogP contribution in [0.5, 0.6) is 5.88 Å². The maximum absolute atomic E-state index is 12.2. The number of aromatic nitrogens is 3. The summed E-state index contributed by atoms with van der Waals surface area (Å²) >= 11 is 0. The molecule has 0 atom stereocenters. The third-order valence-electron chi connectivity index (χ3n) is 3.36. The number of anilines is 1. The Morgan fingerprint density at radius 2 is 1.96 bits per heavy atom. The molecule has 0 unspecified atom stereocenters. The summed E-state index contributed by atoms with van der Waals surface area (Å²) in [5, 5.41) is 3.95. The number of ether oxygens (including phenoxy) is 1. The third-order valence-corrected chi connectivity index (χ3v) is 4.48. The molecule has 0 spiro atoms. The number of carbonyl (C=O) groups excluding carboxylic acids is 1. The maximum atomic E-state index is 12.2. The van der Waals surface area contributed by atoms with E-state index in [0.29, 0.717) is 5.56 Å². The summed E-state index contributed by atoms with van der Waals surface area (Å²) in [6, 6.07) is 9.91. The van der Waals surface area contributed by atoms with Gasteiger partial charge in [-0.15, -0.1) is 5.10 Å². The zero-order chi connectivity index (χ0) is 18.7. The molecule has 2 N–H and O–H groups in total. The van der Waals surface area contributed by atoms with E-state index in [0.717, 1.165) is 0 Å². The Hall–Kier alpha value is -3.14. The first-order valence-corrected chi connectivity index (χ1v) is 9.25. The largest absolute Gasteiger partial charge is 0.462 e. The fourth-order valence-electron chi connectivity index (χ4n) is 2.31. The Morgan fingerprint density at radius 1 is 1.23 bits per heavy atom. The number of fused-ring (bicyclic) bond motifs is 1. The van der Waals surface area contributed by atoms with Crippen LogP contribution >= 0.6 is 0 Å². The molecule has 26 heavy (non-hydrogen) atoms. The van der Waals surface area contributed by atoms with E-state index >= 15 is 0 Å². The average Bonchev–Trinajstić information content (AvgIpc) is 2.90. The van der Waals surface area contributed by atoms with Crippen LogP contribution in [0.3, 0.4) is 0 Å². The monoisotopic (exact) mass is 376 g/mol. The average molecular weight is 376 g/mol. The molecule has 0 saturated carbocycles. The van der Waals surface area contributed by atoms with Crippen molar-refractivity contribution in [2.45, 2.75) is 12.7 Å². The predicted octanol–water partition coefficient (Wildman–Crippen LogP) is 1.40. The Bertz CT molecular complexity index is 1050. The van der Waals surface area contributed by atoms with Crippen LogP contribution in [0.25, 0.3) is 5.65 Å². The van der Waals surface area contributed by atoms with Gasteiger partial charge in [-0.1, -0.05) is 30.3 Å². The number of benzene rings is 1. The van der Waals surface area contributed by atoms with Crippen molar-refractivity contribution in [1.82, 2.24) is 14.6 Å².